The Balaban J connectivity index is 1.59. The van der Waals surface area contributed by atoms with Crippen LogP contribution in [0.2, 0.25) is 0 Å². The maximum Gasteiger partial charge on any atom is 0.242 e. The SMILES string of the molecule is COc1cccc(NC(=O)[C@@H](Sc2nnc(C3CC3)n2C)c2ccccc2)c1. The van der Waals surface area contributed by atoms with Crippen molar-refractivity contribution in [1.82, 2.24) is 14.8 Å². The lowest BCUT2D eigenvalue weighted by Crippen LogP contribution is -2.19. The summed E-state index contributed by atoms with van der Waals surface area (Å²) in [6.45, 7) is 0. The minimum absolute atomic E-state index is 0.111. The van der Waals surface area contributed by atoms with E-state index in [0.29, 0.717) is 17.4 Å². The smallest absolute Gasteiger partial charge is 0.242 e. The van der Waals surface area contributed by atoms with E-state index < -0.39 is 5.25 Å². The number of hydrogen-bond donors (Lipinski definition) is 1. The molecule has 6 nitrogen and oxygen atoms in total. The van der Waals surface area contributed by atoms with Crippen molar-refractivity contribution in [1.29, 1.82) is 0 Å². The van der Waals surface area contributed by atoms with Gasteiger partial charge in [-0.25, -0.2) is 0 Å². The molecular weight excluding hydrogens is 372 g/mol. The molecule has 144 valence electrons. The van der Waals surface area contributed by atoms with Crippen molar-refractivity contribution in [3.05, 3.63) is 66.0 Å². The van der Waals surface area contributed by atoms with E-state index in [4.69, 9.17) is 4.74 Å². The Morgan fingerprint density at radius 2 is 1.96 bits per heavy atom. The molecule has 0 aliphatic heterocycles. The van der Waals surface area contributed by atoms with Crippen LogP contribution in [0, 0.1) is 0 Å². The summed E-state index contributed by atoms with van der Waals surface area (Å²) in [5, 5.41) is 12.0. The van der Waals surface area contributed by atoms with Crippen molar-refractivity contribution in [3.63, 3.8) is 0 Å². The van der Waals surface area contributed by atoms with Crippen LogP contribution in [-0.4, -0.2) is 27.8 Å². The van der Waals surface area contributed by atoms with Gasteiger partial charge in [0.25, 0.3) is 0 Å². The number of amides is 1. The van der Waals surface area contributed by atoms with Gasteiger partial charge < -0.3 is 14.6 Å². The second kappa shape index (κ2) is 8.06. The molecule has 1 heterocycles. The number of nitrogens with zero attached hydrogens (tertiary/aromatic N) is 3. The molecule has 1 amide bonds. The summed E-state index contributed by atoms with van der Waals surface area (Å²) in [7, 11) is 3.58. The highest BCUT2D eigenvalue weighted by Gasteiger charge is 2.31. The molecule has 7 heteroatoms. The number of methoxy groups -OCH3 is 1. The number of rotatable bonds is 7. The first-order chi connectivity index (χ1) is 13.7. The average molecular weight is 395 g/mol. The molecule has 1 aliphatic rings. The van der Waals surface area contributed by atoms with Crippen LogP contribution in [-0.2, 0) is 11.8 Å². The van der Waals surface area contributed by atoms with Gasteiger partial charge in [0.05, 0.1) is 7.11 Å². The van der Waals surface area contributed by atoms with E-state index in [1.807, 2.05) is 60.1 Å². The molecule has 0 saturated heterocycles. The van der Waals surface area contributed by atoms with E-state index in [1.165, 1.54) is 11.8 Å². The molecule has 2 aromatic carbocycles. The molecule has 0 unspecified atom stereocenters. The van der Waals surface area contributed by atoms with E-state index in [1.54, 1.807) is 13.2 Å². The fourth-order valence-electron chi connectivity index (χ4n) is 3.04. The third-order valence-corrected chi connectivity index (χ3v) is 6.00. The van der Waals surface area contributed by atoms with Crippen molar-refractivity contribution in [2.24, 2.45) is 7.05 Å². The third-order valence-electron chi connectivity index (χ3n) is 4.71. The molecule has 28 heavy (non-hydrogen) atoms. The Kier molecular flexibility index (Phi) is 5.34. The summed E-state index contributed by atoms with van der Waals surface area (Å²) >= 11 is 1.42. The lowest BCUT2D eigenvalue weighted by atomic mass is 10.1. The second-order valence-electron chi connectivity index (χ2n) is 6.80. The fraction of sp³-hybridized carbons (Fsp3) is 0.286. The Labute approximate surface area is 168 Å². The van der Waals surface area contributed by atoms with Gasteiger partial charge in [-0.15, -0.1) is 10.2 Å². The molecule has 1 atom stereocenters. The largest absolute Gasteiger partial charge is 0.497 e. The van der Waals surface area contributed by atoms with E-state index in [2.05, 4.69) is 15.5 Å². The number of thioether (sulfide) groups is 1. The maximum atomic E-state index is 13.2. The average Bonchev–Trinajstić information content (AvgIpc) is 3.50. The van der Waals surface area contributed by atoms with Crippen LogP contribution in [0.4, 0.5) is 5.69 Å². The van der Waals surface area contributed by atoms with Crippen LogP contribution in [0.5, 0.6) is 5.75 Å². The number of aromatic nitrogens is 3. The molecule has 0 bridgehead atoms. The highest BCUT2D eigenvalue weighted by Crippen LogP contribution is 2.41. The van der Waals surface area contributed by atoms with Gasteiger partial charge in [0.2, 0.25) is 5.91 Å². The number of ether oxygens (including phenoxy) is 1. The molecular formula is C21H22N4O2S. The minimum atomic E-state index is -0.442. The van der Waals surface area contributed by atoms with Crippen LogP contribution >= 0.6 is 11.8 Å². The monoisotopic (exact) mass is 394 g/mol. The van der Waals surface area contributed by atoms with Gasteiger partial charge in [-0.3, -0.25) is 4.79 Å². The van der Waals surface area contributed by atoms with Crippen molar-refractivity contribution in [2.75, 3.05) is 12.4 Å². The first-order valence-electron chi connectivity index (χ1n) is 9.21. The second-order valence-corrected chi connectivity index (χ2v) is 7.88. The molecule has 1 fully saturated rings. The highest BCUT2D eigenvalue weighted by molar-refractivity contribution is 8.00. The Morgan fingerprint density at radius 3 is 2.68 bits per heavy atom. The lowest BCUT2D eigenvalue weighted by Gasteiger charge is -2.17. The van der Waals surface area contributed by atoms with Crippen LogP contribution in [0.15, 0.2) is 59.8 Å². The predicted molar refractivity (Wildman–Crippen MR) is 110 cm³/mol. The van der Waals surface area contributed by atoms with Crippen molar-refractivity contribution in [2.45, 2.75) is 29.2 Å². The third kappa shape index (κ3) is 4.04. The fourth-order valence-corrected chi connectivity index (χ4v) is 4.05. The first-order valence-corrected chi connectivity index (χ1v) is 10.1. The van der Waals surface area contributed by atoms with Crippen LogP contribution in [0.25, 0.3) is 0 Å². The Bertz CT molecular complexity index is 970. The number of carbonyl (C=O) groups is 1. The summed E-state index contributed by atoms with van der Waals surface area (Å²) in [5.41, 5.74) is 1.62. The zero-order valence-electron chi connectivity index (χ0n) is 15.8. The zero-order chi connectivity index (χ0) is 19.5. The van der Waals surface area contributed by atoms with Gasteiger partial charge in [0.15, 0.2) is 5.16 Å². The van der Waals surface area contributed by atoms with Crippen molar-refractivity contribution in [3.8, 4) is 5.75 Å². The van der Waals surface area contributed by atoms with Gasteiger partial charge in [-0.05, 0) is 30.5 Å². The van der Waals surface area contributed by atoms with Crippen molar-refractivity contribution < 1.29 is 9.53 Å². The van der Waals surface area contributed by atoms with E-state index in [0.717, 1.165) is 29.4 Å². The maximum absolute atomic E-state index is 13.2. The van der Waals surface area contributed by atoms with Gasteiger partial charge in [0.1, 0.15) is 16.8 Å². The standard InChI is InChI=1S/C21H22N4O2S/c1-25-19(15-11-12-15)23-24-21(25)28-18(14-7-4-3-5-8-14)20(26)22-16-9-6-10-17(13-16)27-2/h3-10,13,15,18H,11-12H2,1-2H3,(H,22,26)/t18-/m0/s1. The number of anilines is 1. The van der Waals surface area contributed by atoms with Crippen LogP contribution < -0.4 is 10.1 Å². The summed E-state index contributed by atoms with van der Waals surface area (Å²) < 4.78 is 7.26. The van der Waals surface area contributed by atoms with E-state index in [-0.39, 0.29) is 5.91 Å². The minimum Gasteiger partial charge on any atom is -0.497 e. The molecule has 0 spiro atoms. The summed E-state index contributed by atoms with van der Waals surface area (Å²) in [4.78, 5) is 13.2. The summed E-state index contributed by atoms with van der Waals surface area (Å²) in [6.07, 6.45) is 2.32. The Morgan fingerprint density at radius 1 is 1.18 bits per heavy atom. The number of benzene rings is 2. The van der Waals surface area contributed by atoms with Gasteiger partial charge in [0, 0.05) is 24.7 Å². The van der Waals surface area contributed by atoms with Crippen molar-refractivity contribution >= 4 is 23.4 Å². The Hall–Kier alpha value is -2.80. The topological polar surface area (TPSA) is 69.0 Å². The number of carbonyl (C=O) groups excluding carboxylic acids is 1. The first kappa shape index (κ1) is 18.6. The van der Waals surface area contributed by atoms with Gasteiger partial charge >= 0.3 is 0 Å². The van der Waals surface area contributed by atoms with E-state index >= 15 is 0 Å². The number of hydrogen-bond acceptors (Lipinski definition) is 5. The van der Waals surface area contributed by atoms with Crippen LogP contribution in [0.1, 0.15) is 35.4 Å². The van der Waals surface area contributed by atoms with Gasteiger partial charge in [-0.1, -0.05) is 48.2 Å². The molecule has 1 N–H and O–H groups in total. The molecule has 0 radical (unpaired) electrons. The van der Waals surface area contributed by atoms with Gasteiger partial charge in [-0.2, -0.15) is 0 Å². The predicted octanol–water partition coefficient (Wildman–Crippen LogP) is 4.17. The quantitative estimate of drug-likeness (QED) is 0.609. The summed E-state index contributed by atoms with van der Waals surface area (Å²) in [6, 6.07) is 17.1. The molecule has 3 aromatic rings. The molecule has 1 aliphatic carbocycles. The lowest BCUT2D eigenvalue weighted by molar-refractivity contribution is -0.115. The highest BCUT2D eigenvalue weighted by atomic mass is 32.2. The zero-order valence-corrected chi connectivity index (χ0v) is 16.6. The summed E-state index contributed by atoms with van der Waals surface area (Å²) in [5.74, 6) is 2.10. The molecule has 1 saturated carbocycles. The van der Waals surface area contributed by atoms with Crippen LogP contribution in [0.3, 0.4) is 0 Å². The number of nitrogens with one attached hydrogen (secondary N) is 1. The molecule has 4 rings (SSSR count). The molecule has 1 aromatic heterocycles. The normalized spacial score (nSPS) is 14.5. The van der Waals surface area contributed by atoms with E-state index in [9.17, 15) is 4.79 Å².